The number of nitrogens with one attached hydrogen (secondary N) is 2. The Morgan fingerprint density at radius 2 is 2.13 bits per heavy atom. The lowest BCUT2D eigenvalue weighted by Crippen LogP contribution is -2.26. The molecule has 0 aliphatic carbocycles. The molecule has 1 aromatic rings. The van der Waals surface area contributed by atoms with E-state index in [-0.39, 0.29) is 5.25 Å². The summed E-state index contributed by atoms with van der Waals surface area (Å²) in [4.78, 5) is 1.22. The fourth-order valence-electron chi connectivity index (χ4n) is 1.81. The van der Waals surface area contributed by atoms with Crippen molar-refractivity contribution in [3.05, 3.63) is 23.8 Å². The van der Waals surface area contributed by atoms with Crippen LogP contribution in [0.5, 0.6) is 0 Å². The Labute approximate surface area is 153 Å². The van der Waals surface area contributed by atoms with Crippen molar-refractivity contribution < 1.29 is 9.09 Å². The van der Waals surface area contributed by atoms with Crippen LogP contribution in [0.25, 0.3) is 0 Å². The third kappa shape index (κ3) is 7.06. The first kappa shape index (κ1) is 20.8. The van der Waals surface area contributed by atoms with Crippen LogP contribution in [-0.4, -0.2) is 23.2 Å². The van der Waals surface area contributed by atoms with Crippen molar-refractivity contribution in [3.8, 4) is 0 Å². The van der Waals surface area contributed by atoms with Crippen LogP contribution in [0, 0.1) is 6.92 Å². The van der Waals surface area contributed by atoms with Gasteiger partial charge in [0.05, 0.1) is 6.61 Å². The molecule has 1 aromatic carbocycles. The van der Waals surface area contributed by atoms with E-state index >= 15 is 0 Å². The molecule has 8 heteroatoms. The molecular weight excluding hydrogens is 367 g/mol. The Bertz CT molecular complexity index is 584. The lowest BCUT2D eigenvalue weighted by molar-refractivity contribution is 0.343. The molecule has 2 N–H and O–H groups in total. The lowest BCUT2D eigenvalue weighted by Gasteiger charge is -2.22. The molecule has 1 rings (SSSR count). The quantitative estimate of drug-likeness (QED) is 0.335. The van der Waals surface area contributed by atoms with Gasteiger partial charge in [0.2, 0.25) is 0 Å². The van der Waals surface area contributed by atoms with Crippen LogP contribution in [-0.2, 0) is 9.09 Å². The van der Waals surface area contributed by atoms with Gasteiger partial charge in [0.25, 0.3) is 0 Å². The standard InChI is InChI=1S/C15H25N2O2PS3/c1-6-12(4)23-20(18,19-7-2)17-15(21)16-13-8-9-14(22-5)11(3)10-13/h8-10,12H,6-7H2,1-5H3,(H2,16,17,18,21). The molecule has 0 aliphatic heterocycles. The van der Waals surface area contributed by atoms with Gasteiger partial charge in [-0.25, -0.2) is 0 Å². The number of anilines is 1. The van der Waals surface area contributed by atoms with Crippen molar-refractivity contribution in [1.82, 2.24) is 5.09 Å². The molecule has 2 atom stereocenters. The third-order valence-corrected chi connectivity index (χ3v) is 8.91. The van der Waals surface area contributed by atoms with Gasteiger partial charge in [-0.2, -0.15) is 0 Å². The zero-order valence-corrected chi connectivity index (χ0v) is 17.6. The maximum absolute atomic E-state index is 12.8. The molecule has 4 nitrogen and oxygen atoms in total. The van der Waals surface area contributed by atoms with Crippen molar-refractivity contribution in [1.29, 1.82) is 0 Å². The normalized spacial score (nSPS) is 14.8. The number of hydrogen-bond acceptors (Lipinski definition) is 5. The van der Waals surface area contributed by atoms with Crippen molar-refractivity contribution >= 4 is 52.9 Å². The predicted octanol–water partition coefficient (Wildman–Crippen LogP) is 5.68. The largest absolute Gasteiger partial charge is 0.353 e. The zero-order valence-electron chi connectivity index (χ0n) is 14.2. The number of thioether (sulfide) groups is 1. The lowest BCUT2D eigenvalue weighted by atomic mass is 10.2. The van der Waals surface area contributed by atoms with Crippen LogP contribution >= 0.6 is 42.1 Å². The van der Waals surface area contributed by atoms with E-state index in [0.717, 1.165) is 12.1 Å². The van der Waals surface area contributed by atoms with Crippen LogP contribution in [0.4, 0.5) is 5.69 Å². The van der Waals surface area contributed by atoms with Gasteiger partial charge in [0, 0.05) is 15.8 Å². The smallest absolute Gasteiger partial charge is 0.332 e. The van der Waals surface area contributed by atoms with Gasteiger partial charge in [-0.3, -0.25) is 9.65 Å². The first-order valence-electron chi connectivity index (χ1n) is 7.50. The minimum Gasteiger partial charge on any atom is -0.332 e. The van der Waals surface area contributed by atoms with Crippen molar-refractivity contribution in [2.24, 2.45) is 0 Å². The van der Waals surface area contributed by atoms with E-state index in [9.17, 15) is 4.57 Å². The summed E-state index contributed by atoms with van der Waals surface area (Å²) < 4.78 is 18.3. The van der Waals surface area contributed by atoms with Crippen molar-refractivity contribution in [3.63, 3.8) is 0 Å². The highest BCUT2D eigenvalue weighted by atomic mass is 32.7. The molecular formula is C15H25N2O2PS3. The Morgan fingerprint density at radius 1 is 1.43 bits per heavy atom. The Morgan fingerprint density at radius 3 is 2.65 bits per heavy atom. The SMILES string of the molecule is CCOP(=O)(NC(=S)Nc1ccc(SC)c(C)c1)SC(C)CC. The van der Waals surface area contributed by atoms with Gasteiger partial charge in [0.15, 0.2) is 5.11 Å². The van der Waals surface area contributed by atoms with E-state index in [2.05, 4.69) is 24.3 Å². The highest BCUT2D eigenvalue weighted by Gasteiger charge is 2.27. The summed E-state index contributed by atoms with van der Waals surface area (Å²) in [5.41, 5.74) is 2.04. The summed E-state index contributed by atoms with van der Waals surface area (Å²) in [5, 5.41) is 6.49. The van der Waals surface area contributed by atoms with E-state index in [1.807, 2.05) is 38.3 Å². The van der Waals surface area contributed by atoms with Crippen LogP contribution in [0.1, 0.15) is 32.8 Å². The van der Waals surface area contributed by atoms with E-state index in [0.29, 0.717) is 11.7 Å². The summed E-state index contributed by atoms with van der Waals surface area (Å²) in [5.74, 6) is 0. The first-order valence-corrected chi connectivity index (χ1v) is 12.2. The minimum atomic E-state index is -3.05. The topological polar surface area (TPSA) is 50.4 Å². The fourth-order valence-corrected chi connectivity index (χ4v) is 7.29. The molecule has 0 fully saturated rings. The van der Waals surface area contributed by atoms with Crippen LogP contribution in [0.2, 0.25) is 0 Å². The predicted molar refractivity (Wildman–Crippen MR) is 109 cm³/mol. The molecule has 0 saturated heterocycles. The summed E-state index contributed by atoms with van der Waals surface area (Å²) in [6, 6.07) is 6.02. The van der Waals surface area contributed by atoms with Gasteiger partial charge < -0.3 is 9.84 Å². The molecule has 0 bridgehead atoms. The van der Waals surface area contributed by atoms with Gasteiger partial charge in [-0.05, 0) is 73.9 Å². The van der Waals surface area contributed by atoms with Crippen molar-refractivity contribution in [2.75, 3.05) is 18.2 Å². The zero-order chi connectivity index (χ0) is 17.5. The van der Waals surface area contributed by atoms with Crippen LogP contribution < -0.4 is 10.4 Å². The Balaban J connectivity index is 2.75. The molecule has 0 aromatic heterocycles. The molecule has 0 amide bonds. The maximum atomic E-state index is 12.8. The number of rotatable bonds is 8. The summed E-state index contributed by atoms with van der Waals surface area (Å²) in [6.45, 7) is 5.28. The second-order valence-corrected chi connectivity index (χ2v) is 10.8. The molecule has 0 aliphatic rings. The Kier molecular flexibility index (Phi) is 9.01. The van der Waals surface area contributed by atoms with Gasteiger partial charge >= 0.3 is 6.72 Å². The highest BCUT2D eigenvalue weighted by Crippen LogP contribution is 2.58. The number of hydrogen-bond donors (Lipinski definition) is 2. The van der Waals surface area contributed by atoms with E-state index < -0.39 is 6.72 Å². The van der Waals surface area contributed by atoms with Gasteiger partial charge in [0.1, 0.15) is 0 Å². The summed E-state index contributed by atoms with van der Waals surface area (Å²) in [7, 11) is 0. The first-order chi connectivity index (χ1) is 10.8. The highest BCUT2D eigenvalue weighted by molar-refractivity contribution is 8.56. The number of aryl methyl sites for hydroxylation is 1. The minimum absolute atomic E-state index is 0.228. The van der Waals surface area contributed by atoms with E-state index in [4.69, 9.17) is 16.7 Å². The second kappa shape index (κ2) is 9.94. The average Bonchev–Trinajstić information content (AvgIpc) is 2.46. The molecule has 23 heavy (non-hydrogen) atoms. The van der Waals surface area contributed by atoms with Crippen molar-refractivity contribution in [2.45, 2.75) is 44.3 Å². The summed E-state index contributed by atoms with van der Waals surface area (Å²) >= 11 is 8.31. The van der Waals surface area contributed by atoms with E-state index in [1.54, 1.807) is 11.8 Å². The monoisotopic (exact) mass is 392 g/mol. The Hall–Kier alpha value is -0.200. The summed E-state index contributed by atoms with van der Waals surface area (Å²) in [6.07, 6.45) is 2.96. The third-order valence-electron chi connectivity index (χ3n) is 3.08. The maximum Gasteiger partial charge on any atom is 0.353 e. The van der Waals surface area contributed by atoms with E-state index in [1.165, 1.54) is 21.8 Å². The second-order valence-electron chi connectivity index (χ2n) is 4.99. The molecule has 0 spiro atoms. The molecule has 130 valence electrons. The van der Waals surface area contributed by atoms with Crippen LogP contribution in [0.3, 0.4) is 0 Å². The van der Waals surface area contributed by atoms with Gasteiger partial charge in [-0.15, -0.1) is 11.8 Å². The molecule has 0 heterocycles. The number of benzene rings is 1. The average molecular weight is 393 g/mol. The van der Waals surface area contributed by atoms with Gasteiger partial charge in [-0.1, -0.05) is 13.8 Å². The van der Waals surface area contributed by atoms with Crippen LogP contribution in [0.15, 0.2) is 23.1 Å². The molecule has 0 saturated carbocycles. The molecule has 2 unspecified atom stereocenters. The molecule has 0 radical (unpaired) electrons. The fraction of sp³-hybridized carbons (Fsp3) is 0.533. The number of thiocarbonyl (C=S) groups is 1.